The van der Waals surface area contributed by atoms with E-state index in [4.69, 9.17) is 21.1 Å². The lowest BCUT2D eigenvalue weighted by Gasteiger charge is -2.23. The van der Waals surface area contributed by atoms with Crippen molar-refractivity contribution in [3.63, 3.8) is 0 Å². The fraction of sp³-hybridized carbons (Fsp3) is 0.304. The van der Waals surface area contributed by atoms with Crippen LogP contribution in [-0.4, -0.2) is 51.9 Å². The van der Waals surface area contributed by atoms with Crippen molar-refractivity contribution >= 4 is 23.4 Å². The molecule has 2 aromatic heterocycles. The number of amides is 1. The lowest BCUT2D eigenvalue weighted by atomic mass is 10.1. The Hall–Kier alpha value is -3.23. The second kappa shape index (κ2) is 11.4. The topological polar surface area (TPSA) is 82.4 Å². The van der Waals surface area contributed by atoms with Crippen LogP contribution in [0.5, 0.6) is 5.75 Å². The first-order valence-electron chi connectivity index (χ1n) is 10.2. The van der Waals surface area contributed by atoms with Crippen molar-refractivity contribution in [2.45, 2.75) is 20.3 Å². The molecular formula is C23H26ClN5O3. The van der Waals surface area contributed by atoms with Crippen molar-refractivity contribution in [3.8, 4) is 5.75 Å². The van der Waals surface area contributed by atoms with Gasteiger partial charge < -0.3 is 9.47 Å². The molecule has 1 amide bonds. The highest BCUT2D eigenvalue weighted by Gasteiger charge is 2.22. The van der Waals surface area contributed by atoms with Gasteiger partial charge in [-0.3, -0.25) is 9.47 Å². The molecule has 0 N–H and O–H groups in total. The molecule has 0 aliphatic heterocycles. The molecular weight excluding hydrogens is 430 g/mol. The predicted molar refractivity (Wildman–Crippen MR) is 124 cm³/mol. The van der Waals surface area contributed by atoms with Gasteiger partial charge in [0.15, 0.2) is 5.82 Å². The Labute approximate surface area is 192 Å². The molecule has 2 heterocycles. The monoisotopic (exact) mass is 455 g/mol. The van der Waals surface area contributed by atoms with Gasteiger partial charge >= 0.3 is 6.03 Å². The normalized spacial score (nSPS) is 10.7. The fourth-order valence-corrected chi connectivity index (χ4v) is 3.27. The van der Waals surface area contributed by atoms with Crippen LogP contribution in [0.4, 0.5) is 10.6 Å². The highest BCUT2D eigenvalue weighted by atomic mass is 35.5. The molecule has 0 radical (unpaired) electrons. The Morgan fingerprint density at radius 3 is 2.84 bits per heavy atom. The van der Waals surface area contributed by atoms with Crippen molar-refractivity contribution in [2.75, 3.05) is 31.3 Å². The van der Waals surface area contributed by atoms with E-state index in [1.807, 2.05) is 19.1 Å². The minimum atomic E-state index is -0.335. The van der Waals surface area contributed by atoms with Gasteiger partial charge in [0, 0.05) is 12.4 Å². The largest absolute Gasteiger partial charge is 0.491 e. The molecule has 0 unspecified atom stereocenters. The van der Waals surface area contributed by atoms with Crippen molar-refractivity contribution < 1.29 is 14.3 Å². The number of halogens is 1. The number of hydrogen-bond donors (Lipinski definition) is 0. The van der Waals surface area contributed by atoms with Crippen molar-refractivity contribution in [1.82, 2.24) is 19.5 Å². The number of hydrogen-bond acceptors (Lipinski definition) is 6. The van der Waals surface area contributed by atoms with E-state index in [2.05, 4.69) is 27.6 Å². The Bertz CT molecular complexity index is 1060. The van der Waals surface area contributed by atoms with Crippen molar-refractivity contribution in [1.29, 1.82) is 0 Å². The first-order chi connectivity index (χ1) is 15.5. The standard InChI is InChI=1S/C23H26ClN5O3/c1-4-11-31-12-7-19-5-6-20(17(2)14-19)32-13-10-29(23(30)28-9-8-25-16-28)22-21(24)18(3)26-15-27-22/h4-6,8-9,14-16H,1,7,10-13H2,2-3H3. The van der Waals surface area contributed by atoms with Gasteiger partial charge in [0.25, 0.3) is 0 Å². The van der Waals surface area contributed by atoms with Gasteiger partial charge in [0.1, 0.15) is 30.0 Å². The Morgan fingerprint density at radius 1 is 1.28 bits per heavy atom. The van der Waals surface area contributed by atoms with Crippen LogP contribution in [0.2, 0.25) is 5.02 Å². The second-order valence-corrected chi connectivity index (χ2v) is 7.44. The molecule has 0 spiro atoms. The summed E-state index contributed by atoms with van der Waals surface area (Å²) in [7, 11) is 0. The molecule has 0 saturated carbocycles. The van der Waals surface area contributed by atoms with E-state index in [-0.39, 0.29) is 19.2 Å². The summed E-state index contributed by atoms with van der Waals surface area (Å²) in [5.41, 5.74) is 2.76. The van der Waals surface area contributed by atoms with Crippen LogP contribution in [0, 0.1) is 13.8 Å². The number of benzene rings is 1. The summed E-state index contributed by atoms with van der Waals surface area (Å²) in [6.07, 6.45) is 8.46. The van der Waals surface area contributed by atoms with Gasteiger partial charge in [-0.2, -0.15) is 0 Å². The summed E-state index contributed by atoms with van der Waals surface area (Å²) in [4.78, 5) is 26.7. The van der Waals surface area contributed by atoms with Crippen LogP contribution < -0.4 is 9.64 Å². The van der Waals surface area contributed by atoms with Crippen molar-refractivity contribution in [2.24, 2.45) is 0 Å². The number of carbonyl (C=O) groups excluding carboxylic acids is 1. The quantitative estimate of drug-likeness (QED) is 0.336. The first-order valence-corrected chi connectivity index (χ1v) is 10.6. The average molecular weight is 456 g/mol. The molecule has 0 bridgehead atoms. The van der Waals surface area contributed by atoms with Crippen molar-refractivity contribution in [3.05, 3.63) is 77.7 Å². The molecule has 3 rings (SSSR count). The number of aryl methyl sites for hydroxylation is 2. The van der Waals surface area contributed by atoms with E-state index in [9.17, 15) is 4.79 Å². The molecule has 8 nitrogen and oxygen atoms in total. The number of carbonyl (C=O) groups is 1. The highest BCUT2D eigenvalue weighted by Crippen LogP contribution is 2.26. The number of rotatable bonds is 10. The van der Waals surface area contributed by atoms with E-state index >= 15 is 0 Å². The highest BCUT2D eigenvalue weighted by molar-refractivity contribution is 6.34. The zero-order chi connectivity index (χ0) is 22.9. The maximum atomic E-state index is 13.0. The molecule has 168 valence electrons. The third kappa shape index (κ3) is 5.93. The number of imidazole rings is 1. The lowest BCUT2D eigenvalue weighted by molar-refractivity contribution is 0.166. The molecule has 32 heavy (non-hydrogen) atoms. The summed E-state index contributed by atoms with van der Waals surface area (Å²) in [6.45, 7) is 9.06. The maximum absolute atomic E-state index is 13.0. The molecule has 0 atom stereocenters. The summed E-state index contributed by atoms with van der Waals surface area (Å²) >= 11 is 6.39. The average Bonchev–Trinajstić information content (AvgIpc) is 3.32. The lowest BCUT2D eigenvalue weighted by Crippen LogP contribution is -2.38. The van der Waals surface area contributed by atoms with E-state index in [1.165, 1.54) is 33.9 Å². The van der Waals surface area contributed by atoms with Crippen LogP contribution in [0.1, 0.15) is 16.8 Å². The van der Waals surface area contributed by atoms with Crippen LogP contribution in [0.3, 0.4) is 0 Å². The molecule has 0 aliphatic carbocycles. The summed E-state index contributed by atoms with van der Waals surface area (Å²) in [6, 6.07) is 5.68. The van der Waals surface area contributed by atoms with Gasteiger partial charge in [-0.15, -0.1) is 6.58 Å². The molecule has 0 fully saturated rings. The van der Waals surface area contributed by atoms with E-state index < -0.39 is 0 Å². The fourth-order valence-electron chi connectivity index (χ4n) is 3.07. The van der Waals surface area contributed by atoms with Crippen LogP contribution >= 0.6 is 11.6 Å². The molecule has 1 aromatic carbocycles. The van der Waals surface area contributed by atoms with E-state index in [0.717, 1.165) is 17.7 Å². The molecule has 3 aromatic rings. The Kier molecular flexibility index (Phi) is 8.35. The zero-order valence-electron chi connectivity index (χ0n) is 18.2. The Balaban J connectivity index is 1.68. The molecule has 0 saturated heterocycles. The van der Waals surface area contributed by atoms with Crippen LogP contribution in [0.25, 0.3) is 0 Å². The minimum Gasteiger partial charge on any atom is -0.491 e. The van der Waals surface area contributed by atoms with Gasteiger partial charge in [-0.1, -0.05) is 29.8 Å². The van der Waals surface area contributed by atoms with Crippen LogP contribution in [0.15, 0.2) is 55.9 Å². The second-order valence-electron chi connectivity index (χ2n) is 7.06. The molecule has 0 aliphatic rings. The number of anilines is 1. The van der Waals surface area contributed by atoms with Gasteiger partial charge in [-0.25, -0.2) is 19.7 Å². The van der Waals surface area contributed by atoms with Gasteiger partial charge in [0.2, 0.25) is 0 Å². The SMILES string of the molecule is C=CCOCCc1ccc(OCCN(C(=O)n2ccnc2)c2ncnc(C)c2Cl)c(C)c1. The minimum absolute atomic E-state index is 0.240. The van der Waals surface area contributed by atoms with Gasteiger partial charge in [-0.05, 0) is 37.5 Å². The summed E-state index contributed by atoms with van der Waals surface area (Å²) in [5, 5.41) is 0.320. The zero-order valence-corrected chi connectivity index (χ0v) is 19.0. The molecule has 9 heteroatoms. The number of ether oxygens (including phenoxy) is 2. The third-order valence-electron chi connectivity index (χ3n) is 4.74. The van der Waals surface area contributed by atoms with E-state index in [1.54, 1.807) is 19.2 Å². The van der Waals surface area contributed by atoms with Gasteiger partial charge in [0.05, 0.1) is 25.5 Å². The van der Waals surface area contributed by atoms with Crippen LogP contribution in [-0.2, 0) is 11.2 Å². The summed E-state index contributed by atoms with van der Waals surface area (Å²) < 4.78 is 12.8. The smallest absolute Gasteiger partial charge is 0.335 e. The number of aromatic nitrogens is 4. The number of nitrogens with zero attached hydrogens (tertiary/aromatic N) is 5. The summed E-state index contributed by atoms with van der Waals surface area (Å²) in [5.74, 6) is 1.08. The first kappa shape index (κ1) is 23.4. The predicted octanol–water partition coefficient (Wildman–Crippen LogP) is 4.24. The third-order valence-corrected chi connectivity index (χ3v) is 5.18. The Morgan fingerprint density at radius 2 is 2.12 bits per heavy atom. The van der Waals surface area contributed by atoms with E-state index in [0.29, 0.717) is 29.7 Å². The maximum Gasteiger partial charge on any atom is 0.335 e.